The third-order valence-electron chi connectivity index (χ3n) is 3.11. The Kier molecular flexibility index (Phi) is 5.72. The Morgan fingerprint density at radius 2 is 2.21 bits per heavy atom. The number of likely N-dealkylation sites (N-methyl/N-ethyl adjacent to an activating group) is 1. The van der Waals surface area contributed by atoms with Crippen LogP contribution in [-0.4, -0.2) is 36.1 Å². The van der Waals surface area contributed by atoms with E-state index in [9.17, 15) is 10.1 Å². The van der Waals surface area contributed by atoms with Crippen LogP contribution in [0.3, 0.4) is 0 Å². The molecule has 1 rings (SSSR count). The van der Waals surface area contributed by atoms with E-state index < -0.39 is 4.92 Å². The summed E-state index contributed by atoms with van der Waals surface area (Å²) in [5.41, 5.74) is 6.82. The molecule has 1 unspecified atom stereocenters. The number of anilines is 1. The molecule has 6 heteroatoms. The van der Waals surface area contributed by atoms with E-state index in [4.69, 9.17) is 10.5 Å². The molecular formula is C13H21N3O3. The molecule has 2 N–H and O–H groups in total. The number of hydrogen-bond acceptors (Lipinski definition) is 5. The van der Waals surface area contributed by atoms with Crippen LogP contribution in [0.2, 0.25) is 0 Å². The number of nitro groups is 1. The highest BCUT2D eigenvalue weighted by Gasteiger charge is 2.15. The lowest BCUT2D eigenvalue weighted by molar-refractivity contribution is -0.383. The fourth-order valence-corrected chi connectivity index (χ4v) is 2.03. The molecule has 1 aromatic carbocycles. The minimum absolute atomic E-state index is 0.0447. The summed E-state index contributed by atoms with van der Waals surface area (Å²) in [6, 6.07) is 5.16. The summed E-state index contributed by atoms with van der Waals surface area (Å²) in [5, 5.41) is 10.7. The van der Waals surface area contributed by atoms with Crippen molar-refractivity contribution in [2.24, 2.45) is 0 Å². The highest BCUT2D eigenvalue weighted by molar-refractivity contribution is 5.59. The molecule has 6 nitrogen and oxygen atoms in total. The highest BCUT2D eigenvalue weighted by atomic mass is 16.6. The molecule has 0 aliphatic carbocycles. The van der Waals surface area contributed by atoms with Gasteiger partial charge >= 0.3 is 0 Å². The summed E-state index contributed by atoms with van der Waals surface area (Å²) in [4.78, 5) is 12.5. The van der Waals surface area contributed by atoms with E-state index in [0.29, 0.717) is 13.2 Å². The number of benzene rings is 1. The molecule has 106 valence electrons. The van der Waals surface area contributed by atoms with Gasteiger partial charge in [-0.2, -0.15) is 0 Å². The van der Waals surface area contributed by atoms with E-state index in [-0.39, 0.29) is 17.4 Å². The van der Waals surface area contributed by atoms with E-state index >= 15 is 0 Å². The smallest absolute Gasteiger partial charge is 0.292 e. The SMILES string of the molecule is CCN(Cc1ccc([N+](=O)[O-])c(N)c1)C(C)COC. The van der Waals surface area contributed by atoms with Gasteiger partial charge in [-0.05, 0) is 25.1 Å². The molecule has 0 aromatic heterocycles. The maximum absolute atomic E-state index is 10.7. The van der Waals surface area contributed by atoms with Crippen LogP contribution < -0.4 is 5.73 Å². The van der Waals surface area contributed by atoms with E-state index in [1.807, 2.05) is 0 Å². The summed E-state index contributed by atoms with van der Waals surface area (Å²) in [7, 11) is 1.67. The molecule has 0 saturated heterocycles. The Balaban J connectivity index is 2.81. The molecule has 0 fully saturated rings. The topological polar surface area (TPSA) is 81.6 Å². The van der Waals surface area contributed by atoms with Crippen molar-refractivity contribution in [1.29, 1.82) is 0 Å². The first-order chi connectivity index (χ1) is 8.99. The summed E-state index contributed by atoms with van der Waals surface area (Å²) in [6.07, 6.45) is 0. The van der Waals surface area contributed by atoms with Crippen molar-refractivity contribution >= 4 is 11.4 Å². The van der Waals surface area contributed by atoms with Crippen molar-refractivity contribution in [3.05, 3.63) is 33.9 Å². The fraction of sp³-hybridized carbons (Fsp3) is 0.538. The molecule has 0 heterocycles. The Bertz CT molecular complexity index is 437. The van der Waals surface area contributed by atoms with Crippen molar-refractivity contribution in [3.63, 3.8) is 0 Å². The Morgan fingerprint density at radius 3 is 2.68 bits per heavy atom. The summed E-state index contributed by atoms with van der Waals surface area (Å²) < 4.78 is 5.14. The second-order valence-corrected chi connectivity index (χ2v) is 4.52. The Morgan fingerprint density at radius 1 is 1.53 bits per heavy atom. The van der Waals surface area contributed by atoms with Gasteiger partial charge in [0.05, 0.1) is 11.5 Å². The van der Waals surface area contributed by atoms with Crippen LogP contribution in [0.4, 0.5) is 11.4 Å². The number of nitrogens with zero attached hydrogens (tertiary/aromatic N) is 2. The Hall–Kier alpha value is -1.66. The second kappa shape index (κ2) is 7.06. The third kappa shape index (κ3) is 4.18. The molecule has 19 heavy (non-hydrogen) atoms. The van der Waals surface area contributed by atoms with Gasteiger partial charge in [-0.3, -0.25) is 15.0 Å². The maximum Gasteiger partial charge on any atom is 0.292 e. The van der Waals surface area contributed by atoms with Crippen LogP contribution in [0.5, 0.6) is 0 Å². The first-order valence-corrected chi connectivity index (χ1v) is 6.25. The predicted molar refractivity (Wildman–Crippen MR) is 74.9 cm³/mol. The van der Waals surface area contributed by atoms with Crippen LogP contribution >= 0.6 is 0 Å². The third-order valence-corrected chi connectivity index (χ3v) is 3.11. The minimum atomic E-state index is -0.468. The first-order valence-electron chi connectivity index (χ1n) is 6.25. The lowest BCUT2D eigenvalue weighted by Gasteiger charge is -2.27. The van der Waals surface area contributed by atoms with E-state index in [2.05, 4.69) is 18.7 Å². The molecule has 0 aliphatic heterocycles. The molecule has 0 saturated carbocycles. The summed E-state index contributed by atoms with van der Waals surface area (Å²) >= 11 is 0. The van der Waals surface area contributed by atoms with Gasteiger partial charge in [0.25, 0.3) is 5.69 Å². The van der Waals surface area contributed by atoms with Crippen LogP contribution in [-0.2, 0) is 11.3 Å². The normalized spacial score (nSPS) is 12.6. The fourth-order valence-electron chi connectivity index (χ4n) is 2.03. The average molecular weight is 267 g/mol. The Labute approximate surface area is 113 Å². The van der Waals surface area contributed by atoms with Crippen molar-refractivity contribution in [2.75, 3.05) is 26.0 Å². The number of hydrogen-bond donors (Lipinski definition) is 1. The number of ether oxygens (including phenoxy) is 1. The van der Waals surface area contributed by atoms with Crippen LogP contribution in [0.15, 0.2) is 18.2 Å². The van der Waals surface area contributed by atoms with Gasteiger partial charge in [0.15, 0.2) is 0 Å². The van der Waals surface area contributed by atoms with Crippen molar-refractivity contribution in [3.8, 4) is 0 Å². The lowest BCUT2D eigenvalue weighted by atomic mass is 10.1. The number of nitro benzene ring substituents is 1. The number of rotatable bonds is 7. The molecule has 1 atom stereocenters. The highest BCUT2D eigenvalue weighted by Crippen LogP contribution is 2.23. The standard InChI is InChI=1S/C13H21N3O3/c1-4-15(10(2)9-19-3)8-11-5-6-13(16(17)18)12(14)7-11/h5-7,10H,4,8-9,14H2,1-3H3. The van der Waals surface area contributed by atoms with E-state index in [1.165, 1.54) is 6.07 Å². The molecule has 0 spiro atoms. The quantitative estimate of drug-likeness (QED) is 0.464. The molecule has 1 aromatic rings. The van der Waals surface area contributed by atoms with Crippen molar-refractivity contribution in [1.82, 2.24) is 4.90 Å². The zero-order chi connectivity index (χ0) is 14.4. The monoisotopic (exact) mass is 267 g/mol. The number of nitrogen functional groups attached to an aromatic ring is 1. The van der Waals surface area contributed by atoms with Gasteiger partial charge in [0.2, 0.25) is 0 Å². The zero-order valence-electron chi connectivity index (χ0n) is 11.6. The molecule has 0 bridgehead atoms. The van der Waals surface area contributed by atoms with Crippen molar-refractivity contribution < 1.29 is 9.66 Å². The molecular weight excluding hydrogens is 246 g/mol. The average Bonchev–Trinajstić information content (AvgIpc) is 2.35. The van der Waals surface area contributed by atoms with Gasteiger partial charge in [-0.25, -0.2) is 0 Å². The summed E-state index contributed by atoms with van der Waals surface area (Å²) in [6.45, 7) is 6.38. The lowest BCUT2D eigenvalue weighted by Crippen LogP contribution is -2.35. The van der Waals surface area contributed by atoms with Gasteiger partial charge in [-0.15, -0.1) is 0 Å². The first kappa shape index (κ1) is 15.4. The van der Waals surface area contributed by atoms with Crippen LogP contribution in [0, 0.1) is 10.1 Å². The predicted octanol–water partition coefficient (Wildman–Crippen LogP) is 2.03. The van der Waals surface area contributed by atoms with Gasteiger partial charge in [-0.1, -0.05) is 13.0 Å². The van der Waals surface area contributed by atoms with Crippen LogP contribution in [0.1, 0.15) is 19.4 Å². The van der Waals surface area contributed by atoms with Crippen molar-refractivity contribution in [2.45, 2.75) is 26.4 Å². The molecule has 0 aliphatic rings. The van der Waals surface area contributed by atoms with E-state index in [0.717, 1.165) is 12.1 Å². The second-order valence-electron chi connectivity index (χ2n) is 4.52. The van der Waals surface area contributed by atoms with Gasteiger partial charge in [0.1, 0.15) is 5.69 Å². The van der Waals surface area contributed by atoms with E-state index in [1.54, 1.807) is 19.2 Å². The minimum Gasteiger partial charge on any atom is -0.393 e. The van der Waals surface area contributed by atoms with Gasteiger partial charge < -0.3 is 10.5 Å². The molecule has 0 amide bonds. The number of methoxy groups -OCH3 is 1. The summed E-state index contributed by atoms with van der Waals surface area (Å²) in [5.74, 6) is 0. The maximum atomic E-state index is 10.7. The zero-order valence-corrected chi connectivity index (χ0v) is 11.6. The van der Waals surface area contributed by atoms with Crippen LogP contribution in [0.25, 0.3) is 0 Å². The number of nitrogens with two attached hydrogens (primary N) is 1. The van der Waals surface area contributed by atoms with Gasteiger partial charge in [0, 0.05) is 25.8 Å². The largest absolute Gasteiger partial charge is 0.393 e. The molecule has 0 radical (unpaired) electrons.